The Labute approximate surface area is 267 Å². The lowest BCUT2D eigenvalue weighted by molar-refractivity contribution is -0.137. The Balaban J connectivity index is 1.65. The maximum Gasteiger partial charge on any atom is 0.416 e. The highest BCUT2D eigenvalue weighted by Gasteiger charge is 2.40. The van der Waals surface area contributed by atoms with E-state index < -0.39 is 11.7 Å². The first-order valence-electron chi connectivity index (χ1n) is 15.2. The van der Waals surface area contributed by atoms with Gasteiger partial charge in [0.15, 0.2) is 5.75 Å². The highest BCUT2D eigenvalue weighted by Crippen LogP contribution is 2.35. The van der Waals surface area contributed by atoms with Crippen molar-refractivity contribution >= 4 is 23.6 Å². The van der Waals surface area contributed by atoms with Crippen LogP contribution in [0.4, 0.5) is 23.9 Å². The number of alkyl halides is 3. The number of anilines is 1. The van der Waals surface area contributed by atoms with Crippen LogP contribution >= 0.6 is 11.6 Å². The van der Waals surface area contributed by atoms with Gasteiger partial charge in [-0.1, -0.05) is 48.9 Å². The van der Waals surface area contributed by atoms with E-state index in [1.807, 2.05) is 60.9 Å². The number of rotatable bonds is 12. The standard InChI is InChI=1S/C33H40ClF3N4O4/c1-4-28-15-25(16-29(14-23-8-6-5-7-9-23)41(28)32(43)45-22(2)3)21-40(31-38-18-30(19-39-31)44-11-10-42)20-24-12-26(33(35,36)37)17-27(34)13-24/h5-9,12-13,17-19,22,25,28-29,42H,4,10-11,14-16,20-21H2,1-3H3/t25-,28+,29-/m0/s1. The van der Waals surface area contributed by atoms with E-state index in [2.05, 4.69) is 9.97 Å². The van der Waals surface area contributed by atoms with E-state index in [4.69, 9.17) is 26.2 Å². The molecule has 2 heterocycles. The van der Waals surface area contributed by atoms with E-state index in [1.54, 1.807) is 0 Å². The summed E-state index contributed by atoms with van der Waals surface area (Å²) in [5, 5.41) is 9.06. The summed E-state index contributed by atoms with van der Waals surface area (Å²) < 4.78 is 52.0. The average molecular weight is 649 g/mol. The number of hydrogen-bond acceptors (Lipinski definition) is 7. The van der Waals surface area contributed by atoms with Crippen LogP contribution in [0.3, 0.4) is 0 Å². The molecule has 1 aliphatic heterocycles. The predicted molar refractivity (Wildman–Crippen MR) is 166 cm³/mol. The molecule has 3 aromatic rings. The minimum Gasteiger partial charge on any atom is -0.488 e. The number of halogens is 4. The number of benzene rings is 2. The summed E-state index contributed by atoms with van der Waals surface area (Å²) in [4.78, 5) is 26.0. The largest absolute Gasteiger partial charge is 0.488 e. The van der Waals surface area contributed by atoms with E-state index in [9.17, 15) is 18.0 Å². The van der Waals surface area contributed by atoms with E-state index in [1.165, 1.54) is 18.5 Å². The Bertz CT molecular complexity index is 1380. The molecule has 45 heavy (non-hydrogen) atoms. The third-order valence-corrected chi connectivity index (χ3v) is 7.94. The SMILES string of the molecule is CC[C@@H]1C[C@H](CN(Cc2cc(Cl)cc(C(F)(F)F)c2)c2ncc(OCCO)cn2)C[C@H](Cc2ccccc2)N1C(=O)OC(C)C. The van der Waals surface area contributed by atoms with Crippen LogP contribution in [0.25, 0.3) is 0 Å². The first-order valence-corrected chi connectivity index (χ1v) is 15.5. The molecule has 3 atom stereocenters. The van der Waals surface area contributed by atoms with E-state index in [0.29, 0.717) is 49.5 Å². The second-order valence-electron chi connectivity index (χ2n) is 11.6. The summed E-state index contributed by atoms with van der Waals surface area (Å²) in [6.45, 7) is 6.12. The Hall–Kier alpha value is -3.57. The number of amides is 1. The van der Waals surface area contributed by atoms with Gasteiger partial charge in [0.05, 0.1) is 30.7 Å². The zero-order valence-corrected chi connectivity index (χ0v) is 26.5. The van der Waals surface area contributed by atoms with E-state index >= 15 is 0 Å². The van der Waals surface area contributed by atoms with Crippen molar-refractivity contribution in [2.75, 3.05) is 24.7 Å². The van der Waals surface area contributed by atoms with Crippen molar-refractivity contribution in [1.29, 1.82) is 0 Å². The van der Waals surface area contributed by atoms with Crippen LogP contribution in [0.2, 0.25) is 5.02 Å². The Morgan fingerprint density at radius 1 is 1.09 bits per heavy atom. The number of likely N-dealkylation sites (tertiary alicyclic amines) is 1. The molecule has 1 amide bonds. The lowest BCUT2D eigenvalue weighted by atomic mass is 9.82. The lowest BCUT2D eigenvalue weighted by Crippen LogP contribution is -2.54. The maximum absolute atomic E-state index is 13.6. The number of carbonyl (C=O) groups excluding carboxylic acids is 1. The van der Waals surface area contributed by atoms with Crippen molar-refractivity contribution in [2.45, 2.75) is 77.4 Å². The second-order valence-corrected chi connectivity index (χ2v) is 12.0. The zero-order valence-electron chi connectivity index (χ0n) is 25.7. The van der Waals surface area contributed by atoms with Gasteiger partial charge in [-0.3, -0.25) is 0 Å². The van der Waals surface area contributed by atoms with E-state index in [-0.39, 0.29) is 55.0 Å². The molecule has 2 aromatic carbocycles. The molecule has 0 bridgehead atoms. The molecule has 0 aliphatic carbocycles. The molecular weight excluding hydrogens is 609 g/mol. The van der Waals surface area contributed by atoms with Gasteiger partial charge in [0, 0.05) is 30.2 Å². The third-order valence-electron chi connectivity index (χ3n) is 7.72. The number of piperidine rings is 1. The van der Waals surface area contributed by atoms with Gasteiger partial charge in [-0.15, -0.1) is 0 Å². The fourth-order valence-electron chi connectivity index (χ4n) is 5.90. The number of ether oxygens (including phenoxy) is 2. The smallest absolute Gasteiger partial charge is 0.416 e. The van der Waals surface area contributed by atoms with Gasteiger partial charge in [-0.2, -0.15) is 13.2 Å². The minimum absolute atomic E-state index is 0.0145. The molecule has 0 saturated carbocycles. The van der Waals surface area contributed by atoms with Crippen LogP contribution in [0.1, 0.15) is 56.7 Å². The molecule has 0 radical (unpaired) electrons. The Morgan fingerprint density at radius 2 is 1.78 bits per heavy atom. The van der Waals surface area contributed by atoms with Crippen LogP contribution in [-0.4, -0.2) is 64.0 Å². The highest BCUT2D eigenvalue weighted by molar-refractivity contribution is 6.30. The highest BCUT2D eigenvalue weighted by atomic mass is 35.5. The van der Waals surface area contributed by atoms with Gasteiger partial charge in [0.25, 0.3) is 0 Å². The Kier molecular flexibility index (Phi) is 11.9. The first kappa shape index (κ1) is 34.3. The van der Waals surface area contributed by atoms with Gasteiger partial charge in [-0.05, 0) is 74.8 Å². The minimum atomic E-state index is -4.55. The van der Waals surface area contributed by atoms with Crippen LogP contribution < -0.4 is 9.64 Å². The molecule has 4 rings (SSSR count). The molecule has 1 aliphatic rings. The predicted octanol–water partition coefficient (Wildman–Crippen LogP) is 7.17. The summed E-state index contributed by atoms with van der Waals surface area (Å²) in [7, 11) is 0. The molecule has 244 valence electrons. The summed E-state index contributed by atoms with van der Waals surface area (Å²) in [6.07, 6.45) is 0.466. The summed E-state index contributed by atoms with van der Waals surface area (Å²) in [5.41, 5.74) is 0.632. The van der Waals surface area contributed by atoms with Crippen molar-refractivity contribution in [3.63, 3.8) is 0 Å². The third kappa shape index (κ3) is 9.71. The fourth-order valence-corrected chi connectivity index (χ4v) is 6.15. The lowest BCUT2D eigenvalue weighted by Gasteiger charge is -2.46. The maximum atomic E-state index is 13.6. The zero-order chi connectivity index (χ0) is 32.6. The fraction of sp³-hybridized carbons (Fsp3) is 0.485. The summed E-state index contributed by atoms with van der Waals surface area (Å²) >= 11 is 6.13. The number of nitrogens with zero attached hydrogens (tertiary/aromatic N) is 4. The van der Waals surface area contributed by atoms with Gasteiger partial charge in [0.2, 0.25) is 5.95 Å². The number of aliphatic hydroxyl groups is 1. The van der Waals surface area contributed by atoms with Crippen molar-refractivity contribution in [1.82, 2.24) is 14.9 Å². The number of aromatic nitrogens is 2. The molecule has 1 aromatic heterocycles. The van der Waals surface area contributed by atoms with Crippen molar-refractivity contribution in [3.05, 3.63) is 82.6 Å². The van der Waals surface area contributed by atoms with Gasteiger partial charge < -0.3 is 24.4 Å². The van der Waals surface area contributed by atoms with Crippen LogP contribution in [-0.2, 0) is 23.9 Å². The molecule has 1 N–H and O–H groups in total. The summed E-state index contributed by atoms with van der Waals surface area (Å²) in [5.74, 6) is 0.733. The molecule has 0 spiro atoms. The summed E-state index contributed by atoms with van der Waals surface area (Å²) in [6, 6.07) is 13.2. The van der Waals surface area contributed by atoms with Gasteiger partial charge in [0.1, 0.15) is 6.61 Å². The second kappa shape index (κ2) is 15.6. The molecular formula is C33H40ClF3N4O4. The molecule has 12 heteroatoms. The Morgan fingerprint density at radius 3 is 2.40 bits per heavy atom. The van der Waals surface area contributed by atoms with Crippen molar-refractivity contribution < 1.29 is 32.5 Å². The van der Waals surface area contributed by atoms with Gasteiger partial charge >= 0.3 is 12.3 Å². The molecule has 1 saturated heterocycles. The number of aliphatic hydroxyl groups excluding tert-OH is 1. The van der Waals surface area contributed by atoms with Crippen LogP contribution in [0, 0.1) is 5.92 Å². The number of carbonyl (C=O) groups is 1. The van der Waals surface area contributed by atoms with Gasteiger partial charge in [-0.25, -0.2) is 14.8 Å². The molecule has 8 nitrogen and oxygen atoms in total. The average Bonchev–Trinajstić information content (AvgIpc) is 2.99. The molecule has 1 fully saturated rings. The first-order chi connectivity index (χ1) is 21.5. The topological polar surface area (TPSA) is 88.0 Å². The van der Waals surface area contributed by atoms with Crippen molar-refractivity contribution in [3.8, 4) is 5.75 Å². The molecule has 0 unspecified atom stereocenters. The van der Waals surface area contributed by atoms with E-state index in [0.717, 1.165) is 17.7 Å². The normalized spacial score (nSPS) is 18.6. The quantitative estimate of drug-likeness (QED) is 0.223. The monoisotopic (exact) mass is 648 g/mol. The van der Waals surface area contributed by atoms with Crippen LogP contribution in [0.15, 0.2) is 60.9 Å². The number of hydrogen-bond donors (Lipinski definition) is 1. The van der Waals surface area contributed by atoms with Crippen LogP contribution in [0.5, 0.6) is 5.75 Å². The van der Waals surface area contributed by atoms with Crippen molar-refractivity contribution in [2.24, 2.45) is 5.92 Å².